The van der Waals surface area contributed by atoms with Gasteiger partial charge in [-0.2, -0.15) is 0 Å². The van der Waals surface area contributed by atoms with Crippen molar-refractivity contribution in [2.45, 2.75) is 32.3 Å². The van der Waals surface area contributed by atoms with Crippen LogP contribution in [-0.4, -0.2) is 19.2 Å². The van der Waals surface area contributed by atoms with Crippen LogP contribution >= 0.6 is 11.6 Å². The Bertz CT molecular complexity index is 431. The van der Waals surface area contributed by atoms with Gasteiger partial charge in [0.15, 0.2) is 0 Å². The zero-order valence-electron chi connectivity index (χ0n) is 10.8. The topological polar surface area (TPSA) is 21.3 Å². The number of ether oxygens (including phenoxy) is 1. The highest BCUT2D eigenvalue weighted by Crippen LogP contribution is 2.36. The highest BCUT2D eigenvalue weighted by molar-refractivity contribution is 6.30. The van der Waals surface area contributed by atoms with Crippen molar-refractivity contribution >= 4 is 11.6 Å². The van der Waals surface area contributed by atoms with Crippen molar-refractivity contribution < 1.29 is 4.74 Å². The normalized spacial score (nSPS) is 23.6. The van der Waals surface area contributed by atoms with Gasteiger partial charge in [0, 0.05) is 18.0 Å². The first-order chi connectivity index (χ1) is 8.72. The molecule has 1 saturated carbocycles. The third kappa shape index (κ3) is 2.81. The first-order valence-electron chi connectivity index (χ1n) is 6.88. The summed E-state index contributed by atoms with van der Waals surface area (Å²) in [5, 5.41) is 4.34. The van der Waals surface area contributed by atoms with E-state index in [0.717, 1.165) is 42.1 Å². The minimum atomic E-state index is 0.268. The Morgan fingerprint density at radius 2 is 2.28 bits per heavy atom. The maximum atomic E-state index is 5.99. The molecule has 0 amide bonds. The van der Waals surface area contributed by atoms with Crippen LogP contribution in [-0.2, 0) is 6.42 Å². The van der Waals surface area contributed by atoms with Crippen LogP contribution in [0.15, 0.2) is 18.2 Å². The molecule has 98 valence electrons. The lowest BCUT2D eigenvalue weighted by Crippen LogP contribution is -2.33. The molecule has 2 nitrogen and oxygen atoms in total. The predicted octanol–water partition coefficient (Wildman–Crippen LogP) is 3.28. The van der Waals surface area contributed by atoms with Crippen molar-refractivity contribution in [3.8, 4) is 5.75 Å². The van der Waals surface area contributed by atoms with Crippen molar-refractivity contribution in [2.24, 2.45) is 11.8 Å². The second-order valence-corrected chi connectivity index (χ2v) is 6.11. The number of halogens is 1. The Labute approximate surface area is 114 Å². The van der Waals surface area contributed by atoms with E-state index < -0.39 is 0 Å². The van der Waals surface area contributed by atoms with Crippen molar-refractivity contribution in [3.05, 3.63) is 28.8 Å². The summed E-state index contributed by atoms with van der Waals surface area (Å²) in [4.78, 5) is 0. The average molecular weight is 266 g/mol. The number of hydrogen-bond donors (Lipinski definition) is 1. The van der Waals surface area contributed by atoms with Gasteiger partial charge in [0.05, 0.1) is 0 Å². The minimum Gasteiger partial charge on any atom is -0.488 e. The highest BCUT2D eigenvalue weighted by Gasteiger charge is 2.28. The molecule has 1 aliphatic carbocycles. The van der Waals surface area contributed by atoms with Gasteiger partial charge in [-0.05, 0) is 55.0 Å². The Kier molecular flexibility index (Phi) is 3.49. The van der Waals surface area contributed by atoms with Crippen LogP contribution in [0.5, 0.6) is 5.75 Å². The summed E-state index contributed by atoms with van der Waals surface area (Å²) < 4.78 is 5.90. The Morgan fingerprint density at radius 3 is 3.06 bits per heavy atom. The van der Waals surface area contributed by atoms with E-state index in [1.165, 1.54) is 18.4 Å². The maximum Gasteiger partial charge on any atom is 0.123 e. The van der Waals surface area contributed by atoms with Crippen molar-refractivity contribution in [1.82, 2.24) is 5.32 Å². The smallest absolute Gasteiger partial charge is 0.123 e. The fourth-order valence-corrected chi connectivity index (χ4v) is 2.90. The van der Waals surface area contributed by atoms with E-state index in [0.29, 0.717) is 0 Å². The highest BCUT2D eigenvalue weighted by atomic mass is 35.5. The van der Waals surface area contributed by atoms with Crippen molar-refractivity contribution in [3.63, 3.8) is 0 Å². The number of nitrogens with one attached hydrogen (secondary N) is 1. The van der Waals surface area contributed by atoms with Gasteiger partial charge in [0.2, 0.25) is 0 Å². The van der Waals surface area contributed by atoms with Crippen LogP contribution in [0.25, 0.3) is 0 Å². The molecule has 0 spiro atoms. The lowest BCUT2D eigenvalue weighted by atomic mass is 10.1. The van der Waals surface area contributed by atoms with E-state index in [2.05, 4.69) is 12.2 Å². The second kappa shape index (κ2) is 5.10. The van der Waals surface area contributed by atoms with Crippen molar-refractivity contribution in [2.75, 3.05) is 13.1 Å². The Hall–Kier alpha value is -0.730. The summed E-state index contributed by atoms with van der Waals surface area (Å²) in [6, 6.07) is 5.89. The lowest BCUT2D eigenvalue weighted by Gasteiger charge is -2.15. The van der Waals surface area contributed by atoms with Gasteiger partial charge in [-0.3, -0.25) is 0 Å². The third-order valence-electron chi connectivity index (χ3n) is 4.03. The maximum absolute atomic E-state index is 5.99. The van der Waals surface area contributed by atoms with E-state index in [-0.39, 0.29) is 6.10 Å². The molecule has 1 aromatic rings. The van der Waals surface area contributed by atoms with Gasteiger partial charge < -0.3 is 10.1 Å². The van der Waals surface area contributed by atoms with Gasteiger partial charge in [0.1, 0.15) is 11.9 Å². The van der Waals surface area contributed by atoms with Crippen LogP contribution in [0.1, 0.15) is 25.3 Å². The summed E-state index contributed by atoms with van der Waals surface area (Å²) in [5.74, 6) is 2.78. The monoisotopic (exact) mass is 265 g/mol. The van der Waals surface area contributed by atoms with Crippen LogP contribution in [0, 0.1) is 11.8 Å². The minimum absolute atomic E-state index is 0.268. The number of hydrogen-bond acceptors (Lipinski definition) is 2. The van der Waals surface area contributed by atoms with Gasteiger partial charge in [-0.25, -0.2) is 0 Å². The molecule has 18 heavy (non-hydrogen) atoms. The van der Waals surface area contributed by atoms with Gasteiger partial charge in [0.25, 0.3) is 0 Å². The van der Waals surface area contributed by atoms with E-state index in [1.807, 2.05) is 18.2 Å². The standard InChI is InChI=1S/C15H20ClNO/c1-10(11-2-3-11)8-17-9-14-7-12-6-13(16)4-5-15(12)18-14/h4-6,10-11,14,17H,2-3,7-9H2,1H3. The molecule has 2 unspecified atom stereocenters. The second-order valence-electron chi connectivity index (χ2n) is 5.67. The van der Waals surface area contributed by atoms with Gasteiger partial charge in [-0.1, -0.05) is 18.5 Å². The molecule has 0 saturated heterocycles. The molecular weight excluding hydrogens is 246 g/mol. The fourth-order valence-electron chi connectivity index (χ4n) is 2.71. The van der Waals surface area contributed by atoms with Crippen LogP contribution in [0.3, 0.4) is 0 Å². The summed E-state index contributed by atoms with van der Waals surface area (Å²) in [6.45, 7) is 4.39. The van der Waals surface area contributed by atoms with Crippen molar-refractivity contribution in [1.29, 1.82) is 0 Å². The Balaban J connectivity index is 1.45. The molecule has 3 rings (SSSR count). The van der Waals surface area contributed by atoms with E-state index in [9.17, 15) is 0 Å². The largest absolute Gasteiger partial charge is 0.488 e. The van der Waals surface area contributed by atoms with Crippen LogP contribution in [0.4, 0.5) is 0 Å². The zero-order valence-corrected chi connectivity index (χ0v) is 11.5. The molecule has 1 fully saturated rings. The molecule has 0 bridgehead atoms. The summed E-state index contributed by atoms with van der Waals surface area (Å²) in [6.07, 6.45) is 4.09. The molecule has 2 aliphatic rings. The van der Waals surface area contributed by atoms with E-state index in [1.54, 1.807) is 0 Å². The predicted molar refractivity (Wildman–Crippen MR) is 74.3 cm³/mol. The summed E-state index contributed by atoms with van der Waals surface area (Å²) in [5.41, 5.74) is 1.24. The summed E-state index contributed by atoms with van der Waals surface area (Å²) >= 11 is 5.99. The quantitative estimate of drug-likeness (QED) is 0.882. The molecule has 0 aromatic heterocycles. The van der Waals surface area contributed by atoms with Gasteiger partial charge in [-0.15, -0.1) is 0 Å². The first kappa shape index (κ1) is 12.3. The molecule has 2 atom stereocenters. The number of rotatable bonds is 5. The Morgan fingerprint density at radius 1 is 1.44 bits per heavy atom. The molecule has 3 heteroatoms. The zero-order chi connectivity index (χ0) is 12.5. The molecule has 0 radical (unpaired) electrons. The summed E-state index contributed by atoms with van der Waals surface area (Å²) in [7, 11) is 0. The van der Waals surface area contributed by atoms with Crippen LogP contribution in [0.2, 0.25) is 5.02 Å². The van der Waals surface area contributed by atoms with E-state index >= 15 is 0 Å². The SMILES string of the molecule is CC(CNCC1Cc2cc(Cl)ccc2O1)C1CC1. The molecule has 1 aliphatic heterocycles. The number of benzene rings is 1. The molecule has 1 N–H and O–H groups in total. The molecule has 1 aromatic carbocycles. The molecule has 1 heterocycles. The first-order valence-corrected chi connectivity index (χ1v) is 7.26. The number of fused-ring (bicyclic) bond motifs is 1. The van der Waals surface area contributed by atoms with Crippen LogP contribution < -0.4 is 10.1 Å². The molecular formula is C15H20ClNO. The van der Waals surface area contributed by atoms with E-state index in [4.69, 9.17) is 16.3 Å². The third-order valence-corrected chi connectivity index (χ3v) is 4.26. The fraction of sp³-hybridized carbons (Fsp3) is 0.600. The van der Waals surface area contributed by atoms with Gasteiger partial charge >= 0.3 is 0 Å². The lowest BCUT2D eigenvalue weighted by molar-refractivity contribution is 0.224. The average Bonchev–Trinajstić information content (AvgIpc) is 3.11.